The number of amides is 2. The molecule has 5 nitrogen and oxygen atoms in total. The molecular weight excluding hydrogens is 290 g/mol. The van der Waals surface area contributed by atoms with Crippen LogP contribution in [0.1, 0.15) is 18.1 Å². The van der Waals surface area contributed by atoms with Crippen molar-refractivity contribution in [3.8, 4) is 0 Å². The number of fused-ring (bicyclic) bond motifs is 1. The van der Waals surface area contributed by atoms with Gasteiger partial charge in [0.25, 0.3) is 5.91 Å². The molecule has 0 atom stereocenters. The smallest absolute Gasteiger partial charge is 0.257 e. The number of carbonyl (C=O) groups excluding carboxylic acids is 2. The second kappa shape index (κ2) is 5.96. The van der Waals surface area contributed by atoms with Crippen LogP contribution in [0, 0.1) is 6.92 Å². The quantitative estimate of drug-likeness (QED) is 0.762. The highest BCUT2D eigenvalue weighted by Gasteiger charge is 2.25. The van der Waals surface area contributed by atoms with E-state index in [1.54, 1.807) is 18.3 Å². The van der Waals surface area contributed by atoms with Crippen molar-refractivity contribution in [1.29, 1.82) is 0 Å². The normalized spacial score (nSPS) is 14.3. The zero-order valence-corrected chi connectivity index (χ0v) is 12.9. The van der Waals surface area contributed by atoms with Crippen molar-refractivity contribution in [2.45, 2.75) is 13.8 Å². The Balaban J connectivity index is 1.81. The molecule has 2 aromatic carbocycles. The molecule has 2 amide bonds. The average molecular weight is 307 g/mol. The van der Waals surface area contributed by atoms with Crippen LogP contribution < -0.4 is 16.0 Å². The van der Waals surface area contributed by atoms with Gasteiger partial charge in [0.15, 0.2) is 0 Å². The number of aryl methyl sites for hydroxylation is 1. The standard InChI is InChI=1S/C18H17N3O2/c1-11-4-3-5-16-17(11)15(18(23)21-16)10-19-13-6-8-14(9-7-13)20-12(2)22/h3-10,19H,1-2H3,(H,20,22)(H,21,23)/b15-10-. The second-order valence-corrected chi connectivity index (χ2v) is 5.41. The zero-order chi connectivity index (χ0) is 16.4. The third-order valence-electron chi connectivity index (χ3n) is 3.62. The lowest BCUT2D eigenvalue weighted by molar-refractivity contribution is -0.114. The lowest BCUT2D eigenvalue weighted by atomic mass is 10.0. The first-order chi connectivity index (χ1) is 11.0. The zero-order valence-electron chi connectivity index (χ0n) is 12.9. The Labute approximate surface area is 134 Å². The topological polar surface area (TPSA) is 70.2 Å². The largest absolute Gasteiger partial charge is 0.361 e. The van der Waals surface area contributed by atoms with Gasteiger partial charge >= 0.3 is 0 Å². The number of carbonyl (C=O) groups is 2. The van der Waals surface area contributed by atoms with Crippen LogP contribution in [0.25, 0.3) is 5.57 Å². The van der Waals surface area contributed by atoms with Crippen molar-refractivity contribution in [2.75, 3.05) is 16.0 Å². The summed E-state index contributed by atoms with van der Waals surface area (Å²) >= 11 is 0. The number of rotatable bonds is 3. The summed E-state index contributed by atoms with van der Waals surface area (Å²) in [5.74, 6) is -0.223. The highest BCUT2D eigenvalue weighted by atomic mass is 16.2. The molecule has 23 heavy (non-hydrogen) atoms. The van der Waals surface area contributed by atoms with Gasteiger partial charge in [-0.3, -0.25) is 9.59 Å². The molecule has 0 aromatic heterocycles. The van der Waals surface area contributed by atoms with Crippen LogP contribution in [0.5, 0.6) is 0 Å². The highest BCUT2D eigenvalue weighted by Crippen LogP contribution is 2.34. The van der Waals surface area contributed by atoms with Crippen LogP contribution >= 0.6 is 0 Å². The second-order valence-electron chi connectivity index (χ2n) is 5.41. The van der Waals surface area contributed by atoms with E-state index in [0.29, 0.717) is 5.57 Å². The number of hydrogen-bond donors (Lipinski definition) is 3. The van der Waals surface area contributed by atoms with Crippen molar-refractivity contribution in [2.24, 2.45) is 0 Å². The maximum absolute atomic E-state index is 12.1. The van der Waals surface area contributed by atoms with Gasteiger partial charge in [0.05, 0.1) is 5.57 Å². The maximum atomic E-state index is 12.1. The Hall–Kier alpha value is -3.08. The van der Waals surface area contributed by atoms with E-state index in [1.807, 2.05) is 37.3 Å². The van der Waals surface area contributed by atoms with Gasteiger partial charge in [-0.05, 0) is 42.8 Å². The summed E-state index contributed by atoms with van der Waals surface area (Å²) in [6.07, 6.45) is 1.71. The van der Waals surface area contributed by atoms with E-state index >= 15 is 0 Å². The predicted molar refractivity (Wildman–Crippen MR) is 92.2 cm³/mol. The Kier molecular flexibility index (Phi) is 3.85. The van der Waals surface area contributed by atoms with E-state index < -0.39 is 0 Å². The van der Waals surface area contributed by atoms with Crippen molar-refractivity contribution in [3.05, 3.63) is 59.8 Å². The van der Waals surface area contributed by atoms with Gasteiger partial charge in [0.1, 0.15) is 0 Å². The molecule has 1 aliphatic rings. The molecule has 0 bridgehead atoms. The minimum atomic E-state index is -0.114. The molecule has 0 radical (unpaired) electrons. The van der Waals surface area contributed by atoms with E-state index in [2.05, 4.69) is 16.0 Å². The summed E-state index contributed by atoms with van der Waals surface area (Å²) < 4.78 is 0. The molecule has 3 N–H and O–H groups in total. The SMILES string of the molecule is CC(=O)Nc1ccc(N/C=C2\C(=O)Nc3cccc(C)c32)cc1. The van der Waals surface area contributed by atoms with Crippen molar-refractivity contribution >= 4 is 34.4 Å². The molecule has 0 spiro atoms. The molecule has 0 fully saturated rings. The summed E-state index contributed by atoms with van der Waals surface area (Å²) in [7, 11) is 0. The average Bonchev–Trinajstić information content (AvgIpc) is 2.83. The summed E-state index contributed by atoms with van der Waals surface area (Å²) in [5, 5.41) is 8.70. The lowest BCUT2D eigenvalue weighted by Crippen LogP contribution is -2.06. The van der Waals surface area contributed by atoms with Crippen molar-refractivity contribution < 1.29 is 9.59 Å². The molecule has 1 heterocycles. The molecule has 0 aliphatic carbocycles. The minimum absolute atomic E-state index is 0.109. The highest BCUT2D eigenvalue weighted by molar-refractivity contribution is 6.32. The number of hydrogen-bond acceptors (Lipinski definition) is 3. The van der Waals surface area contributed by atoms with Crippen LogP contribution in [0.3, 0.4) is 0 Å². The van der Waals surface area contributed by atoms with Crippen molar-refractivity contribution in [3.63, 3.8) is 0 Å². The first-order valence-electron chi connectivity index (χ1n) is 7.30. The molecule has 0 unspecified atom stereocenters. The van der Waals surface area contributed by atoms with Gasteiger partial charge < -0.3 is 16.0 Å². The van der Waals surface area contributed by atoms with Gasteiger partial charge in [0.2, 0.25) is 5.91 Å². The van der Waals surface area contributed by atoms with E-state index in [0.717, 1.165) is 28.2 Å². The van der Waals surface area contributed by atoms with Gasteiger partial charge in [-0.25, -0.2) is 0 Å². The lowest BCUT2D eigenvalue weighted by Gasteiger charge is -2.06. The molecule has 2 aromatic rings. The van der Waals surface area contributed by atoms with Crippen LogP contribution in [-0.2, 0) is 9.59 Å². The van der Waals surface area contributed by atoms with Crippen LogP contribution in [0.2, 0.25) is 0 Å². The summed E-state index contributed by atoms with van der Waals surface area (Å²) in [5.41, 5.74) is 5.00. The molecule has 116 valence electrons. The van der Waals surface area contributed by atoms with Gasteiger partial charge in [-0.2, -0.15) is 0 Å². The number of benzene rings is 2. The minimum Gasteiger partial charge on any atom is -0.361 e. The fraction of sp³-hybridized carbons (Fsp3) is 0.111. The van der Waals surface area contributed by atoms with Crippen molar-refractivity contribution in [1.82, 2.24) is 0 Å². The molecule has 1 aliphatic heterocycles. The number of anilines is 3. The molecule has 5 heteroatoms. The Morgan fingerprint density at radius 1 is 1.09 bits per heavy atom. The third-order valence-corrected chi connectivity index (χ3v) is 3.62. The fourth-order valence-corrected chi connectivity index (χ4v) is 2.58. The van der Waals surface area contributed by atoms with Crippen LogP contribution in [0.4, 0.5) is 17.1 Å². The Bertz CT molecular complexity index is 808. The first kappa shape index (κ1) is 14.8. The third kappa shape index (κ3) is 3.08. The Morgan fingerprint density at radius 3 is 2.48 bits per heavy atom. The van der Waals surface area contributed by atoms with Gasteiger partial charge in [0, 0.05) is 35.7 Å². The monoisotopic (exact) mass is 307 g/mol. The molecule has 0 saturated heterocycles. The maximum Gasteiger partial charge on any atom is 0.257 e. The predicted octanol–water partition coefficient (Wildman–Crippen LogP) is 3.36. The summed E-state index contributed by atoms with van der Waals surface area (Å²) in [4.78, 5) is 23.1. The van der Waals surface area contributed by atoms with Gasteiger partial charge in [-0.1, -0.05) is 12.1 Å². The fourth-order valence-electron chi connectivity index (χ4n) is 2.58. The molecule has 3 rings (SSSR count). The molecule has 0 saturated carbocycles. The Morgan fingerprint density at radius 2 is 1.78 bits per heavy atom. The van der Waals surface area contributed by atoms with E-state index in [4.69, 9.17) is 0 Å². The van der Waals surface area contributed by atoms with E-state index in [-0.39, 0.29) is 11.8 Å². The summed E-state index contributed by atoms with van der Waals surface area (Å²) in [6, 6.07) is 13.1. The van der Waals surface area contributed by atoms with Crippen LogP contribution in [0.15, 0.2) is 48.7 Å². The van der Waals surface area contributed by atoms with Crippen LogP contribution in [-0.4, -0.2) is 11.8 Å². The summed E-state index contributed by atoms with van der Waals surface area (Å²) in [6.45, 7) is 3.45. The number of nitrogens with one attached hydrogen (secondary N) is 3. The molecular formula is C18H17N3O2. The van der Waals surface area contributed by atoms with E-state index in [1.165, 1.54) is 6.92 Å². The van der Waals surface area contributed by atoms with E-state index in [9.17, 15) is 9.59 Å². The van der Waals surface area contributed by atoms with Gasteiger partial charge in [-0.15, -0.1) is 0 Å². The first-order valence-corrected chi connectivity index (χ1v) is 7.30.